The van der Waals surface area contributed by atoms with Gasteiger partial charge in [-0.05, 0) is 38.4 Å². The Bertz CT molecular complexity index is 1650. The first kappa shape index (κ1) is 26.7. The SMILES string of the molecule is C[C@@H]1CN(c2nc(OC[C@@]34CCCN3C[C@H](F)C4)nc3c(F)c(-c4cncc5cccc(Cl)c45)c(F)cc23)CCN1. The van der Waals surface area contributed by atoms with Crippen LogP contribution in [0.4, 0.5) is 19.0 Å². The highest BCUT2D eigenvalue weighted by Crippen LogP contribution is 2.42. The molecule has 214 valence electrons. The summed E-state index contributed by atoms with van der Waals surface area (Å²) in [5.74, 6) is -1.19. The van der Waals surface area contributed by atoms with Crippen LogP contribution < -0.4 is 15.0 Å². The molecule has 0 bridgehead atoms. The minimum atomic E-state index is -0.904. The van der Waals surface area contributed by atoms with Crippen molar-refractivity contribution in [3.05, 3.63) is 53.3 Å². The number of pyridine rings is 1. The van der Waals surface area contributed by atoms with Crippen LogP contribution in [0.1, 0.15) is 26.2 Å². The number of rotatable bonds is 5. The number of aromatic nitrogens is 3. The fourth-order valence-electron chi connectivity index (χ4n) is 6.86. The normalized spacial score (nSPS) is 24.9. The van der Waals surface area contributed by atoms with Gasteiger partial charge in [-0.25, -0.2) is 13.2 Å². The minimum absolute atomic E-state index is 0.00671. The van der Waals surface area contributed by atoms with E-state index in [1.54, 1.807) is 24.4 Å². The Labute approximate surface area is 240 Å². The van der Waals surface area contributed by atoms with Gasteiger partial charge in [0.15, 0.2) is 5.82 Å². The molecule has 11 heteroatoms. The van der Waals surface area contributed by atoms with E-state index in [2.05, 4.69) is 25.2 Å². The van der Waals surface area contributed by atoms with Gasteiger partial charge in [0.25, 0.3) is 0 Å². The number of hydrogen-bond acceptors (Lipinski definition) is 7. The van der Waals surface area contributed by atoms with E-state index in [0.717, 1.165) is 19.4 Å². The Morgan fingerprint density at radius 3 is 2.90 bits per heavy atom. The van der Waals surface area contributed by atoms with Crippen molar-refractivity contribution >= 4 is 39.1 Å². The molecule has 7 rings (SSSR count). The molecule has 0 amide bonds. The molecule has 0 aliphatic carbocycles. The summed E-state index contributed by atoms with van der Waals surface area (Å²) in [4.78, 5) is 17.5. The van der Waals surface area contributed by atoms with E-state index < -0.39 is 23.3 Å². The Kier molecular flexibility index (Phi) is 6.67. The van der Waals surface area contributed by atoms with Gasteiger partial charge in [0, 0.05) is 77.8 Å². The lowest BCUT2D eigenvalue weighted by atomic mass is 9.95. The van der Waals surface area contributed by atoms with E-state index in [1.165, 1.54) is 12.3 Å². The van der Waals surface area contributed by atoms with Gasteiger partial charge < -0.3 is 15.0 Å². The Morgan fingerprint density at radius 1 is 1.17 bits per heavy atom. The maximum absolute atomic E-state index is 16.5. The number of piperazine rings is 1. The summed E-state index contributed by atoms with van der Waals surface area (Å²) in [7, 11) is 0. The smallest absolute Gasteiger partial charge is 0.319 e. The number of benzene rings is 2. The Balaban J connectivity index is 1.37. The molecule has 41 heavy (non-hydrogen) atoms. The molecule has 3 saturated heterocycles. The molecule has 1 N–H and O–H groups in total. The van der Waals surface area contributed by atoms with Crippen molar-refractivity contribution in [3.63, 3.8) is 0 Å². The average Bonchev–Trinajstić information content (AvgIpc) is 3.47. The molecule has 7 nitrogen and oxygen atoms in total. The molecule has 5 heterocycles. The number of halogens is 4. The molecule has 3 fully saturated rings. The summed E-state index contributed by atoms with van der Waals surface area (Å²) in [6.07, 6.45) is 4.30. The standard InChI is InChI=1S/C30H30ClF3N6O/c1-17-14-39(9-7-36-17)28-20-10-23(33)25(21-13-35-12-18-4-2-5-22(31)24(18)21)26(34)27(20)37-29(38-28)41-16-30-6-3-8-40(30)15-19(32)11-30/h2,4-5,10,12-13,17,19,36H,3,6-9,11,14-16H2,1H3/t17-,19-,30+/m1/s1. The second-order valence-electron chi connectivity index (χ2n) is 11.5. The van der Waals surface area contributed by atoms with Gasteiger partial charge in [-0.3, -0.25) is 9.88 Å². The first-order valence-corrected chi connectivity index (χ1v) is 14.4. The third-order valence-corrected chi connectivity index (χ3v) is 9.06. The molecular formula is C30H30ClF3N6O. The topological polar surface area (TPSA) is 66.4 Å². The highest BCUT2D eigenvalue weighted by atomic mass is 35.5. The monoisotopic (exact) mass is 582 g/mol. The Hall–Kier alpha value is -3.21. The first-order chi connectivity index (χ1) is 19.8. The minimum Gasteiger partial charge on any atom is -0.461 e. The summed E-state index contributed by atoms with van der Waals surface area (Å²) >= 11 is 6.50. The number of nitrogens with one attached hydrogen (secondary N) is 1. The molecule has 2 aromatic carbocycles. The van der Waals surface area contributed by atoms with Crippen molar-refractivity contribution < 1.29 is 17.9 Å². The van der Waals surface area contributed by atoms with E-state index in [4.69, 9.17) is 16.3 Å². The lowest BCUT2D eigenvalue weighted by Crippen LogP contribution is -2.49. The van der Waals surface area contributed by atoms with Crippen molar-refractivity contribution in [2.45, 2.75) is 43.9 Å². The van der Waals surface area contributed by atoms with Crippen LogP contribution in [0.25, 0.3) is 32.8 Å². The van der Waals surface area contributed by atoms with Crippen LogP contribution >= 0.6 is 11.6 Å². The van der Waals surface area contributed by atoms with Gasteiger partial charge in [-0.15, -0.1) is 0 Å². The lowest BCUT2D eigenvalue weighted by molar-refractivity contribution is 0.107. The van der Waals surface area contributed by atoms with Crippen LogP contribution in [0.15, 0.2) is 36.7 Å². The third-order valence-electron chi connectivity index (χ3n) is 8.74. The predicted octanol–water partition coefficient (Wildman–Crippen LogP) is 5.53. The molecule has 0 radical (unpaired) electrons. The summed E-state index contributed by atoms with van der Waals surface area (Å²) in [6.45, 7) is 5.36. The van der Waals surface area contributed by atoms with Gasteiger partial charge in [-0.1, -0.05) is 23.7 Å². The molecule has 3 aliphatic rings. The number of ether oxygens (including phenoxy) is 1. The van der Waals surface area contributed by atoms with E-state index >= 15 is 8.78 Å². The van der Waals surface area contributed by atoms with Crippen LogP contribution in [0.5, 0.6) is 6.01 Å². The van der Waals surface area contributed by atoms with Crippen LogP contribution in [0.3, 0.4) is 0 Å². The van der Waals surface area contributed by atoms with Crippen molar-refractivity contribution in [2.24, 2.45) is 0 Å². The molecular weight excluding hydrogens is 553 g/mol. The van der Waals surface area contributed by atoms with Gasteiger partial charge in [0.2, 0.25) is 0 Å². The predicted molar refractivity (Wildman–Crippen MR) is 153 cm³/mol. The number of alkyl halides is 1. The molecule has 3 aliphatic heterocycles. The molecule has 0 unspecified atom stereocenters. The van der Waals surface area contributed by atoms with Gasteiger partial charge >= 0.3 is 6.01 Å². The number of nitrogens with zero attached hydrogens (tertiary/aromatic N) is 5. The quantitative estimate of drug-likeness (QED) is 0.332. The van der Waals surface area contributed by atoms with E-state index in [-0.39, 0.29) is 40.7 Å². The maximum Gasteiger partial charge on any atom is 0.319 e. The summed E-state index contributed by atoms with van der Waals surface area (Å²) in [5.41, 5.74) is -0.486. The zero-order valence-electron chi connectivity index (χ0n) is 22.6. The maximum atomic E-state index is 16.5. The summed E-state index contributed by atoms with van der Waals surface area (Å²) in [6, 6.07) is 6.68. The van der Waals surface area contributed by atoms with Crippen molar-refractivity contribution in [2.75, 3.05) is 44.2 Å². The summed E-state index contributed by atoms with van der Waals surface area (Å²) in [5, 5.41) is 5.18. The fourth-order valence-corrected chi connectivity index (χ4v) is 7.15. The van der Waals surface area contributed by atoms with Crippen molar-refractivity contribution in [1.29, 1.82) is 0 Å². The Morgan fingerprint density at radius 2 is 2.05 bits per heavy atom. The van der Waals surface area contributed by atoms with Crippen LogP contribution in [0.2, 0.25) is 5.02 Å². The molecule has 0 spiro atoms. The van der Waals surface area contributed by atoms with Crippen LogP contribution in [-0.4, -0.2) is 76.9 Å². The third kappa shape index (κ3) is 4.56. The zero-order chi connectivity index (χ0) is 28.3. The summed E-state index contributed by atoms with van der Waals surface area (Å²) < 4.78 is 53.0. The van der Waals surface area contributed by atoms with Gasteiger partial charge in [-0.2, -0.15) is 9.97 Å². The van der Waals surface area contributed by atoms with Gasteiger partial charge in [0.05, 0.1) is 11.1 Å². The number of fused-ring (bicyclic) bond motifs is 3. The average molecular weight is 583 g/mol. The highest BCUT2D eigenvalue weighted by Gasteiger charge is 2.49. The van der Waals surface area contributed by atoms with Crippen molar-refractivity contribution in [1.82, 2.24) is 25.2 Å². The second-order valence-corrected chi connectivity index (χ2v) is 11.9. The zero-order valence-corrected chi connectivity index (χ0v) is 23.4. The van der Waals surface area contributed by atoms with E-state index in [0.29, 0.717) is 54.2 Å². The van der Waals surface area contributed by atoms with Crippen LogP contribution in [0, 0.1) is 11.6 Å². The van der Waals surface area contributed by atoms with E-state index in [1.807, 2.05) is 11.8 Å². The molecule has 4 aromatic rings. The van der Waals surface area contributed by atoms with Crippen LogP contribution in [-0.2, 0) is 0 Å². The fraction of sp³-hybridized carbons (Fsp3) is 0.433. The lowest BCUT2D eigenvalue weighted by Gasteiger charge is -2.34. The van der Waals surface area contributed by atoms with Gasteiger partial charge in [0.1, 0.15) is 29.9 Å². The first-order valence-electron chi connectivity index (χ1n) is 14.1. The number of hydrogen-bond donors (Lipinski definition) is 1. The molecule has 2 aromatic heterocycles. The van der Waals surface area contributed by atoms with E-state index in [9.17, 15) is 4.39 Å². The largest absolute Gasteiger partial charge is 0.461 e. The second kappa shape index (κ2) is 10.3. The molecule has 3 atom stereocenters. The van der Waals surface area contributed by atoms with Crippen molar-refractivity contribution in [3.8, 4) is 17.1 Å². The molecule has 0 saturated carbocycles. The number of anilines is 1. The highest BCUT2D eigenvalue weighted by molar-refractivity contribution is 6.36.